The van der Waals surface area contributed by atoms with Gasteiger partial charge in [0.15, 0.2) is 0 Å². The number of carbonyl (C=O) groups excluding carboxylic acids is 1. The van der Waals surface area contributed by atoms with E-state index in [1.54, 1.807) is 16.4 Å². The summed E-state index contributed by atoms with van der Waals surface area (Å²) in [7, 11) is 4.05. The molecule has 0 atom stereocenters. The predicted molar refractivity (Wildman–Crippen MR) is 208 cm³/mol. The Balaban J connectivity index is 1.06. The third-order valence-corrected chi connectivity index (χ3v) is 9.39. The summed E-state index contributed by atoms with van der Waals surface area (Å²) in [6.45, 7) is 4.70. The van der Waals surface area contributed by atoms with Gasteiger partial charge in [-0.1, -0.05) is 102 Å². The number of hydrogen-bond donors (Lipinski definition) is 1. The smallest absolute Gasteiger partial charge is 0.255 e. The van der Waals surface area contributed by atoms with Crippen molar-refractivity contribution < 1.29 is 9.53 Å². The number of carbonyl (C=O) groups is 1. The number of ether oxygens (including phenoxy) is 1. The van der Waals surface area contributed by atoms with Crippen LogP contribution in [0.5, 0.6) is 5.75 Å². The molecule has 0 spiro atoms. The molecule has 0 aliphatic carbocycles. The lowest BCUT2D eigenvalue weighted by molar-refractivity contribution is 0.102. The van der Waals surface area contributed by atoms with E-state index in [2.05, 4.69) is 112 Å². The number of allylic oxidation sites excluding steroid dienone is 1. The number of amides is 1. The fourth-order valence-corrected chi connectivity index (χ4v) is 6.38. The molecule has 1 N–H and O–H groups in total. The summed E-state index contributed by atoms with van der Waals surface area (Å²) in [5.41, 5.74) is 10.1. The van der Waals surface area contributed by atoms with Crippen molar-refractivity contribution in [3.05, 3.63) is 160 Å². The van der Waals surface area contributed by atoms with Crippen molar-refractivity contribution in [1.82, 2.24) is 20.2 Å². The molecule has 1 amide bonds. The zero-order chi connectivity index (χ0) is 35.6. The van der Waals surface area contributed by atoms with Crippen LogP contribution in [0, 0.1) is 13.8 Å². The number of nitrogens with one attached hydrogen (secondary N) is 1. The summed E-state index contributed by atoms with van der Waals surface area (Å²) < 4.78 is 7.65. The summed E-state index contributed by atoms with van der Waals surface area (Å²) in [5, 5.41) is 16.1. The number of nitrogens with zero attached hydrogens (tertiary/aromatic N) is 5. The molecule has 0 aliphatic rings. The largest absolute Gasteiger partial charge is 0.489 e. The molecule has 0 bridgehead atoms. The Morgan fingerprint density at radius 2 is 1.59 bits per heavy atom. The van der Waals surface area contributed by atoms with Gasteiger partial charge in [-0.3, -0.25) is 4.79 Å². The summed E-state index contributed by atoms with van der Waals surface area (Å²) in [4.78, 5) is 15.6. The molecular weight excluding hydrogens is 653 g/mol. The molecule has 0 fully saturated rings. The van der Waals surface area contributed by atoms with Crippen LogP contribution >= 0.6 is 11.8 Å². The SMILES string of the molecule is Cc1ccc(COc2ccc(/C=C/CCc3cc(C(=O)Nc4cccc(-n5nnnc5SCc5ccc(C)cc5)c4)ccc3N(C)C)cc2)cc1. The highest BCUT2D eigenvalue weighted by molar-refractivity contribution is 7.98. The number of thioether (sulfide) groups is 1. The molecule has 0 saturated carbocycles. The second-order valence-corrected chi connectivity index (χ2v) is 13.6. The van der Waals surface area contributed by atoms with Gasteiger partial charge in [-0.2, -0.15) is 4.68 Å². The van der Waals surface area contributed by atoms with E-state index in [-0.39, 0.29) is 5.91 Å². The first-order valence-electron chi connectivity index (χ1n) is 16.9. The van der Waals surface area contributed by atoms with Crippen molar-refractivity contribution in [2.75, 3.05) is 24.3 Å². The van der Waals surface area contributed by atoms with Crippen LogP contribution in [0.3, 0.4) is 0 Å². The third kappa shape index (κ3) is 9.73. The maximum atomic E-state index is 13.5. The van der Waals surface area contributed by atoms with E-state index in [0.717, 1.165) is 52.4 Å². The molecule has 0 radical (unpaired) electrons. The quantitative estimate of drug-likeness (QED) is 0.114. The molecule has 0 aliphatic heterocycles. The summed E-state index contributed by atoms with van der Waals surface area (Å²) in [5.74, 6) is 1.42. The van der Waals surface area contributed by atoms with Crippen LogP contribution in [0.15, 0.2) is 126 Å². The lowest BCUT2D eigenvalue weighted by atomic mass is 10.0. The van der Waals surface area contributed by atoms with Crippen LogP contribution in [0.4, 0.5) is 11.4 Å². The van der Waals surface area contributed by atoms with Crippen LogP contribution < -0.4 is 15.0 Å². The van der Waals surface area contributed by atoms with E-state index in [9.17, 15) is 4.79 Å². The molecule has 6 rings (SSSR count). The first-order chi connectivity index (χ1) is 24.8. The second kappa shape index (κ2) is 16.8. The van der Waals surface area contributed by atoms with Crippen molar-refractivity contribution in [2.45, 2.75) is 44.2 Å². The second-order valence-electron chi connectivity index (χ2n) is 12.7. The van der Waals surface area contributed by atoms with Crippen LogP contribution in [0.2, 0.25) is 0 Å². The summed E-state index contributed by atoms with van der Waals surface area (Å²) in [6.07, 6.45) is 5.92. The van der Waals surface area contributed by atoms with E-state index in [0.29, 0.717) is 23.0 Å². The summed E-state index contributed by atoms with van der Waals surface area (Å²) >= 11 is 1.56. The van der Waals surface area contributed by atoms with E-state index < -0.39 is 0 Å². The van der Waals surface area contributed by atoms with Crippen molar-refractivity contribution in [2.24, 2.45) is 0 Å². The minimum Gasteiger partial charge on any atom is -0.489 e. The standard InChI is InChI=1S/C42H42N6O2S/c1-30-12-16-33(17-13-30)28-50-39-23-20-32(21-24-39)8-5-6-9-35-26-36(22-25-40(35)47(3)4)41(49)43-37-10-7-11-38(27-37)48-42(44-45-46-48)51-29-34-18-14-31(2)15-19-34/h5,7-8,10-27H,6,9,28-29H2,1-4H3,(H,43,49)/b8-5+. The molecule has 51 heavy (non-hydrogen) atoms. The minimum atomic E-state index is -0.176. The number of hydrogen-bond acceptors (Lipinski definition) is 7. The number of anilines is 2. The Kier molecular flexibility index (Phi) is 11.6. The van der Waals surface area contributed by atoms with Gasteiger partial charge in [0.2, 0.25) is 5.16 Å². The maximum Gasteiger partial charge on any atom is 0.255 e. The van der Waals surface area contributed by atoms with E-state index >= 15 is 0 Å². The van der Waals surface area contributed by atoms with Gasteiger partial charge >= 0.3 is 0 Å². The Hall–Kier alpha value is -5.67. The first kappa shape index (κ1) is 35.2. The van der Waals surface area contributed by atoms with E-state index in [1.165, 1.54) is 16.7 Å². The highest BCUT2D eigenvalue weighted by Crippen LogP contribution is 2.26. The predicted octanol–water partition coefficient (Wildman–Crippen LogP) is 9.11. The Morgan fingerprint density at radius 1 is 0.863 bits per heavy atom. The van der Waals surface area contributed by atoms with Crippen LogP contribution in [-0.2, 0) is 18.8 Å². The van der Waals surface area contributed by atoms with Crippen LogP contribution in [0.25, 0.3) is 11.8 Å². The molecule has 1 heterocycles. The van der Waals surface area contributed by atoms with Crippen molar-refractivity contribution in [3.63, 3.8) is 0 Å². The van der Waals surface area contributed by atoms with E-state index in [1.807, 2.05) is 68.7 Å². The Morgan fingerprint density at radius 3 is 2.31 bits per heavy atom. The number of aromatic nitrogens is 4. The lowest BCUT2D eigenvalue weighted by Gasteiger charge is -2.18. The number of aryl methyl sites for hydroxylation is 3. The topological polar surface area (TPSA) is 85.2 Å². The highest BCUT2D eigenvalue weighted by atomic mass is 32.2. The fourth-order valence-electron chi connectivity index (χ4n) is 5.53. The van der Waals surface area contributed by atoms with Gasteiger partial charge in [0.05, 0.1) is 5.69 Å². The fraction of sp³-hybridized carbons (Fsp3) is 0.190. The molecule has 0 unspecified atom stereocenters. The number of tetrazole rings is 1. The summed E-state index contributed by atoms with van der Waals surface area (Å²) in [6, 6.07) is 38.4. The highest BCUT2D eigenvalue weighted by Gasteiger charge is 2.14. The Bertz CT molecular complexity index is 2090. The average molecular weight is 695 g/mol. The van der Waals surface area contributed by atoms with E-state index in [4.69, 9.17) is 4.74 Å². The number of rotatable bonds is 14. The van der Waals surface area contributed by atoms with Gasteiger partial charge in [0, 0.05) is 36.8 Å². The molecule has 8 nitrogen and oxygen atoms in total. The molecule has 9 heteroatoms. The normalized spacial score (nSPS) is 11.1. The van der Waals surface area contributed by atoms with Crippen LogP contribution in [0.1, 0.15) is 50.2 Å². The average Bonchev–Trinajstić information content (AvgIpc) is 3.62. The van der Waals surface area contributed by atoms with Crippen molar-refractivity contribution >= 4 is 35.1 Å². The number of benzene rings is 5. The maximum absolute atomic E-state index is 13.5. The zero-order valence-corrected chi connectivity index (χ0v) is 30.2. The molecule has 258 valence electrons. The van der Waals surface area contributed by atoms with Crippen molar-refractivity contribution in [3.8, 4) is 11.4 Å². The van der Waals surface area contributed by atoms with Crippen molar-refractivity contribution in [1.29, 1.82) is 0 Å². The zero-order valence-electron chi connectivity index (χ0n) is 29.4. The van der Waals surface area contributed by atoms with Gasteiger partial charge < -0.3 is 15.0 Å². The minimum absolute atomic E-state index is 0.176. The Labute approximate surface area is 304 Å². The molecule has 1 aromatic heterocycles. The van der Waals surface area contributed by atoms with Gasteiger partial charge in [-0.25, -0.2) is 0 Å². The van der Waals surface area contributed by atoms with Gasteiger partial charge in [-0.05, 0) is 108 Å². The monoisotopic (exact) mass is 694 g/mol. The third-order valence-electron chi connectivity index (χ3n) is 8.40. The van der Waals surface area contributed by atoms with Gasteiger partial charge in [0.25, 0.3) is 5.91 Å². The first-order valence-corrected chi connectivity index (χ1v) is 17.9. The molecule has 6 aromatic rings. The molecular formula is C42H42N6O2S. The lowest BCUT2D eigenvalue weighted by Crippen LogP contribution is -2.15. The van der Waals surface area contributed by atoms with Crippen LogP contribution in [-0.4, -0.2) is 40.2 Å². The van der Waals surface area contributed by atoms with Gasteiger partial charge in [-0.15, -0.1) is 5.10 Å². The molecule has 0 saturated heterocycles. The van der Waals surface area contributed by atoms with Gasteiger partial charge in [0.1, 0.15) is 12.4 Å². The molecule has 5 aromatic carbocycles.